The lowest BCUT2D eigenvalue weighted by molar-refractivity contribution is -0.113. The van der Waals surface area contributed by atoms with E-state index in [1.165, 1.54) is 7.11 Å². The predicted octanol–water partition coefficient (Wildman–Crippen LogP) is 5.50. The van der Waals surface area contributed by atoms with Gasteiger partial charge in [-0.2, -0.15) is 0 Å². The van der Waals surface area contributed by atoms with Crippen LogP contribution in [0.3, 0.4) is 0 Å². The smallest absolute Gasteiger partial charge is 0.319 e. The lowest BCUT2D eigenvalue weighted by Gasteiger charge is -2.29. The summed E-state index contributed by atoms with van der Waals surface area (Å²) in [5, 5.41) is 9.06. The van der Waals surface area contributed by atoms with E-state index in [1.807, 2.05) is 49.4 Å². The summed E-state index contributed by atoms with van der Waals surface area (Å²) < 4.78 is 11.5. The Morgan fingerprint density at radius 2 is 1.77 bits per heavy atom. The van der Waals surface area contributed by atoms with Crippen molar-refractivity contribution in [3.63, 3.8) is 0 Å². The number of benzene rings is 3. The maximum atomic E-state index is 13.2. The van der Waals surface area contributed by atoms with E-state index in [4.69, 9.17) is 21.1 Å². The number of amides is 3. The minimum atomic E-state index is -0.680. The number of rotatable bonds is 7. The molecule has 4 rings (SSSR count). The number of aryl methyl sites for hydroxylation is 1. The summed E-state index contributed by atoms with van der Waals surface area (Å²) >= 11 is 6.23. The number of anilines is 1. The van der Waals surface area contributed by atoms with E-state index in [0.29, 0.717) is 39.0 Å². The number of allylic oxidation sites excluding steroid dienone is 1. The Hall–Kier alpha value is -3.97. The average molecular weight is 492 g/mol. The van der Waals surface area contributed by atoms with E-state index in [9.17, 15) is 9.59 Å². The molecule has 0 bridgehead atoms. The van der Waals surface area contributed by atoms with Gasteiger partial charge < -0.3 is 25.4 Å². The molecule has 35 heavy (non-hydrogen) atoms. The maximum Gasteiger partial charge on any atom is 0.319 e. The molecule has 0 radical (unpaired) electrons. The van der Waals surface area contributed by atoms with Crippen LogP contribution < -0.4 is 25.4 Å². The topological polar surface area (TPSA) is 88.7 Å². The fourth-order valence-corrected chi connectivity index (χ4v) is 4.02. The first-order chi connectivity index (χ1) is 16.9. The number of methoxy groups -OCH3 is 1. The molecule has 1 aliphatic heterocycles. The Bertz CT molecular complexity index is 1290. The van der Waals surface area contributed by atoms with Crippen molar-refractivity contribution >= 4 is 29.2 Å². The van der Waals surface area contributed by atoms with Crippen molar-refractivity contribution < 1.29 is 19.1 Å². The largest absolute Gasteiger partial charge is 0.493 e. The molecule has 8 heteroatoms. The van der Waals surface area contributed by atoms with Crippen LogP contribution >= 0.6 is 11.6 Å². The molecule has 3 aromatic carbocycles. The summed E-state index contributed by atoms with van der Waals surface area (Å²) in [5.74, 6) is 0.669. The van der Waals surface area contributed by atoms with Crippen LogP contribution in [0.25, 0.3) is 0 Å². The van der Waals surface area contributed by atoms with Crippen molar-refractivity contribution in [2.24, 2.45) is 0 Å². The van der Waals surface area contributed by atoms with Crippen LogP contribution in [0.5, 0.6) is 11.5 Å². The SMILES string of the molecule is COc1cc([C@@H]2NC(=O)NC(C)=C2C(=O)Nc2ccc(C)cc2)ccc1OCc1ccccc1Cl. The van der Waals surface area contributed by atoms with Crippen LogP contribution in [0.15, 0.2) is 78.0 Å². The number of halogens is 1. The summed E-state index contributed by atoms with van der Waals surface area (Å²) in [7, 11) is 1.54. The molecule has 0 aliphatic carbocycles. The molecule has 0 saturated carbocycles. The van der Waals surface area contributed by atoms with Gasteiger partial charge in [0.2, 0.25) is 0 Å². The summed E-state index contributed by atoms with van der Waals surface area (Å²) in [6, 6.07) is 19.2. The van der Waals surface area contributed by atoms with E-state index in [2.05, 4.69) is 16.0 Å². The fraction of sp³-hybridized carbons (Fsp3) is 0.185. The number of hydrogen-bond acceptors (Lipinski definition) is 4. The van der Waals surface area contributed by atoms with Crippen LogP contribution in [-0.4, -0.2) is 19.0 Å². The highest BCUT2D eigenvalue weighted by Crippen LogP contribution is 2.35. The molecule has 180 valence electrons. The number of carbonyl (C=O) groups excluding carboxylic acids is 2. The van der Waals surface area contributed by atoms with Crippen molar-refractivity contribution in [2.45, 2.75) is 26.5 Å². The first-order valence-corrected chi connectivity index (χ1v) is 11.4. The third kappa shape index (κ3) is 5.58. The van der Waals surface area contributed by atoms with Gasteiger partial charge in [0.15, 0.2) is 11.5 Å². The van der Waals surface area contributed by atoms with Gasteiger partial charge in [-0.15, -0.1) is 0 Å². The highest BCUT2D eigenvalue weighted by molar-refractivity contribution is 6.31. The first kappa shape index (κ1) is 24.2. The molecular formula is C27H26ClN3O4. The standard InChI is InChI=1S/C27H26ClN3O4/c1-16-8-11-20(12-9-16)30-26(32)24-17(2)29-27(33)31-25(24)18-10-13-22(23(14-18)34-3)35-15-19-6-4-5-7-21(19)28/h4-14,25H,15H2,1-3H3,(H,30,32)(H2,29,31,33)/t25-/m0/s1. The third-order valence-corrected chi connectivity index (χ3v) is 6.05. The van der Waals surface area contributed by atoms with Gasteiger partial charge >= 0.3 is 6.03 Å². The van der Waals surface area contributed by atoms with E-state index in [1.54, 1.807) is 31.2 Å². The average Bonchev–Trinajstić information content (AvgIpc) is 2.84. The minimum absolute atomic E-state index is 0.267. The van der Waals surface area contributed by atoms with Crippen LogP contribution in [0.2, 0.25) is 5.02 Å². The van der Waals surface area contributed by atoms with Crippen LogP contribution in [-0.2, 0) is 11.4 Å². The van der Waals surface area contributed by atoms with Gasteiger partial charge in [-0.1, -0.05) is 53.6 Å². The highest BCUT2D eigenvalue weighted by Gasteiger charge is 2.32. The Morgan fingerprint density at radius 3 is 2.49 bits per heavy atom. The van der Waals surface area contributed by atoms with E-state index < -0.39 is 12.1 Å². The number of carbonyl (C=O) groups is 2. The monoisotopic (exact) mass is 491 g/mol. The van der Waals surface area contributed by atoms with Gasteiger partial charge in [-0.05, 0) is 49.7 Å². The third-order valence-electron chi connectivity index (χ3n) is 5.69. The second-order valence-corrected chi connectivity index (χ2v) is 8.59. The second kappa shape index (κ2) is 10.5. The lowest BCUT2D eigenvalue weighted by Crippen LogP contribution is -2.46. The van der Waals surface area contributed by atoms with E-state index in [0.717, 1.165) is 11.1 Å². The van der Waals surface area contributed by atoms with Crippen LogP contribution in [0, 0.1) is 6.92 Å². The number of nitrogens with one attached hydrogen (secondary N) is 3. The van der Waals surface area contributed by atoms with Gasteiger partial charge in [-0.25, -0.2) is 4.79 Å². The first-order valence-electron chi connectivity index (χ1n) is 11.1. The molecule has 1 heterocycles. The number of urea groups is 1. The highest BCUT2D eigenvalue weighted by atomic mass is 35.5. The second-order valence-electron chi connectivity index (χ2n) is 8.18. The Morgan fingerprint density at radius 1 is 1.03 bits per heavy atom. The Labute approximate surface area is 209 Å². The zero-order valence-corrected chi connectivity index (χ0v) is 20.4. The summed E-state index contributed by atoms with van der Waals surface area (Å²) in [6.07, 6.45) is 0. The van der Waals surface area contributed by atoms with E-state index in [-0.39, 0.29) is 12.5 Å². The van der Waals surface area contributed by atoms with Gasteiger partial charge in [0.25, 0.3) is 5.91 Å². The van der Waals surface area contributed by atoms with Crippen molar-refractivity contribution in [3.05, 3.63) is 99.7 Å². The summed E-state index contributed by atoms with van der Waals surface area (Å²) in [6.45, 7) is 3.95. The van der Waals surface area contributed by atoms with Crippen molar-refractivity contribution in [3.8, 4) is 11.5 Å². The Balaban J connectivity index is 1.60. The van der Waals surface area contributed by atoms with E-state index >= 15 is 0 Å². The molecule has 0 unspecified atom stereocenters. The molecule has 7 nitrogen and oxygen atoms in total. The van der Waals surface area contributed by atoms with Crippen molar-refractivity contribution in [1.29, 1.82) is 0 Å². The van der Waals surface area contributed by atoms with Crippen LogP contribution in [0.1, 0.15) is 29.7 Å². The van der Waals surface area contributed by atoms with Gasteiger partial charge in [0, 0.05) is 22.0 Å². The Kier molecular flexibility index (Phi) is 7.27. The fourth-order valence-electron chi connectivity index (χ4n) is 3.83. The van der Waals surface area contributed by atoms with Crippen molar-refractivity contribution in [1.82, 2.24) is 10.6 Å². The van der Waals surface area contributed by atoms with Crippen molar-refractivity contribution in [2.75, 3.05) is 12.4 Å². The van der Waals surface area contributed by atoms with Gasteiger partial charge in [-0.3, -0.25) is 4.79 Å². The van der Waals surface area contributed by atoms with Gasteiger partial charge in [0.05, 0.1) is 18.7 Å². The normalized spacial score (nSPS) is 15.2. The molecule has 1 atom stereocenters. The molecule has 3 aromatic rings. The molecule has 1 aliphatic rings. The quantitative estimate of drug-likeness (QED) is 0.407. The molecule has 3 N–H and O–H groups in total. The maximum absolute atomic E-state index is 13.2. The number of hydrogen-bond donors (Lipinski definition) is 3. The summed E-state index contributed by atoms with van der Waals surface area (Å²) in [5.41, 5.74) is 4.15. The minimum Gasteiger partial charge on any atom is -0.493 e. The predicted molar refractivity (Wildman–Crippen MR) is 136 cm³/mol. The zero-order chi connectivity index (χ0) is 24.9. The molecule has 0 saturated heterocycles. The molecule has 3 amide bonds. The lowest BCUT2D eigenvalue weighted by atomic mass is 9.94. The molecule has 0 spiro atoms. The summed E-state index contributed by atoms with van der Waals surface area (Å²) in [4.78, 5) is 25.5. The molecule has 0 aromatic heterocycles. The molecule has 0 fully saturated rings. The molecular weight excluding hydrogens is 466 g/mol. The van der Waals surface area contributed by atoms with Crippen LogP contribution in [0.4, 0.5) is 10.5 Å². The zero-order valence-electron chi connectivity index (χ0n) is 19.6. The number of ether oxygens (including phenoxy) is 2. The van der Waals surface area contributed by atoms with Gasteiger partial charge in [0.1, 0.15) is 6.61 Å².